The Bertz CT molecular complexity index is 426. The molecule has 0 fully saturated rings. The quantitative estimate of drug-likeness (QED) is 0.454. The zero-order chi connectivity index (χ0) is 13.4. The Kier molecular flexibility index (Phi) is 8.48. The molecule has 0 bridgehead atoms. The molecule has 1 aromatic carbocycles. The summed E-state index contributed by atoms with van der Waals surface area (Å²) < 4.78 is 0. The first-order valence-electron chi connectivity index (χ1n) is 5.88. The molecule has 0 aliphatic rings. The third kappa shape index (κ3) is 6.17. The van der Waals surface area contributed by atoms with Crippen molar-refractivity contribution in [3.63, 3.8) is 0 Å². The molecule has 106 valence electrons. The van der Waals surface area contributed by atoms with Gasteiger partial charge in [-0.05, 0) is 19.0 Å². The largest absolute Gasteiger partial charge is 0.351 e. The van der Waals surface area contributed by atoms with E-state index >= 15 is 0 Å². The normalized spacial score (nSPS) is 9.53. The fraction of sp³-hybridized carbons (Fsp3) is 0.417. The maximum Gasteiger partial charge on any atom is 0.270 e. The lowest BCUT2D eigenvalue weighted by Gasteiger charge is -2.05. The molecule has 0 unspecified atom stereocenters. The van der Waals surface area contributed by atoms with Crippen LogP contribution >= 0.6 is 12.4 Å². The van der Waals surface area contributed by atoms with Crippen LogP contribution in [-0.2, 0) is 0 Å². The van der Waals surface area contributed by atoms with Gasteiger partial charge in [0.1, 0.15) is 0 Å². The molecule has 0 spiro atoms. The molecule has 1 rings (SSSR count). The first-order chi connectivity index (χ1) is 8.65. The molecular weight excluding hydrogens is 270 g/mol. The number of nitro benzene ring substituents is 1. The maximum absolute atomic E-state index is 11.7. The highest BCUT2D eigenvalue weighted by Gasteiger charge is 2.10. The van der Waals surface area contributed by atoms with Crippen molar-refractivity contribution in [2.24, 2.45) is 0 Å². The zero-order valence-corrected chi connectivity index (χ0v) is 11.5. The Balaban J connectivity index is 0.00000324. The molecule has 19 heavy (non-hydrogen) atoms. The molecule has 0 atom stereocenters. The van der Waals surface area contributed by atoms with Gasteiger partial charge >= 0.3 is 0 Å². The molecule has 0 saturated carbocycles. The highest BCUT2D eigenvalue weighted by molar-refractivity contribution is 5.94. The standard InChI is InChI=1S/C12H17N3O3.ClH/c1-2-6-13-7-8-14-12(16)10-4-3-5-11(9-10)15(17)18;/h3-5,9,13H,2,6-8H2,1H3,(H,14,16);1H. The smallest absolute Gasteiger partial charge is 0.270 e. The lowest BCUT2D eigenvalue weighted by molar-refractivity contribution is -0.384. The van der Waals surface area contributed by atoms with Crippen molar-refractivity contribution in [3.8, 4) is 0 Å². The van der Waals surface area contributed by atoms with Gasteiger partial charge in [0.05, 0.1) is 4.92 Å². The predicted molar refractivity (Wildman–Crippen MR) is 75.8 cm³/mol. The number of halogens is 1. The molecule has 0 heterocycles. The molecule has 0 aromatic heterocycles. The number of hydrogen-bond donors (Lipinski definition) is 2. The molecule has 7 heteroatoms. The highest BCUT2D eigenvalue weighted by atomic mass is 35.5. The van der Waals surface area contributed by atoms with E-state index in [-0.39, 0.29) is 24.0 Å². The van der Waals surface area contributed by atoms with Gasteiger partial charge in [0.15, 0.2) is 0 Å². The summed E-state index contributed by atoms with van der Waals surface area (Å²) in [6.45, 7) is 4.16. The van der Waals surface area contributed by atoms with E-state index in [1.54, 1.807) is 6.07 Å². The van der Waals surface area contributed by atoms with E-state index in [4.69, 9.17) is 0 Å². The van der Waals surface area contributed by atoms with E-state index in [9.17, 15) is 14.9 Å². The van der Waals surface area contributed by atoms with E-state index in [1.807, 2.05) is 0 Å². The van der Waals surface area contributed by atoms with Crippen molar-refractivity contribution in [1.29, 1.82) is 0 Å². The number of nitro groups is 1. The van der Waals surface area contributed by atoms with Gasteiger partial charge in [-0.15, -0.1) is 12.4 Å². The lowest BCUT2D eigenvalue weighted by Crippen LogP contribution is -2.32. The van der Waals surface area contributed by atoms with Crippen LogP contribution in [0.15, 0.2) is 24.3 Å². The van der Waals surface area contributed by atoms with Crippen LogP contribution in [0, 0.1) is 10.1 Å². The van der Waals surface area contributed by atoms with Crippen molar-refractivity contribution < 1.29 is 9.72 Å². The summed E-state index contributed by atoms with van der Waals surface area (Å²) in [5.41, 5.74) is 0.228. The summed E-state index contributed by atoms with van der Waals surface area (Å²) in [4.78, 5) is 21.7. The number of amides is 1. The van der Waals surface area contributed by atoms with Crippen LogP contribution in [0.4, 0.5) is 5.69 Å². The number of rotatable bonds is 7. The SMILES string of the molecule is CCCNCCNC(=O)c1cccc([N+](=O)[O-])c1.Cl. The van der Waals surface area contributed by atoms with Crippen LogP contribution in [-0.4, -0.2) is 30.5 Å². The molecule has 0 saturated heterocycles. The van der Waals surface area contributed by atoms with Gasteiger partial charge in [0, 0.05) is 30.8 Å². The lowest BCUT2D eigenvalue weighted by atomic mass is 10.2. The fourth-order valence-electron chi connectivity index (χ4n) is 1.43. The second-order valence-electron chi connectivity index (χ2n) is 3.81. The molecule has 2 N–H and O–H groups in total. The van der Waals surface area contributed by atoms with Gasteiger partial charge in [-0.1, -0.05) is 13.0 Å². The van der Waals surface area contributed by atoms with Crippen molar-refractivity contribution in [1.82, 2.24) is 10.6 Å². The van der Waals surface area contributed by atoms with Crippen molar-refractivity contribution >= 4 is 24.0 Å². The maximum atomic E-state index is 11.7. The van der Waals surface area contributed by atoms with Gasteiger partial charge in [0.25, 0.3) is 11.6 Å². The van der Waals surface area contributed by atoms with Gasteiger partial charge < -0.3 is 10.6 Å². The van der Waals surface area contributed by atoms with E-state index in [0.717, 1.165) is 13.0 Å². The summed E-state index contributed by atoms with van der Waals surface area (Å²) in [6.07, 6.45) is 1.04. The van der Waals surface area contributed by atoms with E-state index in [0.29, 0.717) is 18.7 Å². The van der Waals surface area contributed by atoms with Gasteiger partial charge in [-0.2, -0.15) is 0 Å². The van der Waals surface area contributed by atoms with Crippen LogP contribution in [0.1, 0.15) is 23.7 Å². The minimum absolute atomic E-state index is 0. The third-order valence-corrected chi connectivity index (χ3v) is 2.33. The van der Waals surface area contributed by atoms with E-state index in [1.165, 1.54) is 18.2 Å². The molecule has 0 aliphatic heterocycles. The molecule has 6 nitrogen and oxygen atoms in total. The number of non-ortho nitro benzene ring substituents is 1. The van der Waals surface area contributed by atoms with Gasteiger partial charge in [-0.25, -0.2) is 0 Å². The Hall–Kier alpha value is -1.66. The first-order valence-corrected chi connectivity index (χ1v) is 5.88. The average Bonchev–Trinajstić information content (AvgIpc) is 2.38. The van der Waals surface area contributed by atoms with Crippen LogP contribution in [0.2, 0.25) is 0 Å². The van der Waals surface area contributed by atoms with Crippen molar-refractivity contribution in [3.05, 3.63) is 39.9 Å². The predicted octanol–water partition coefficient (Wildman–Crippen LogP) is 1.75. The first kappa shape index (κ1) is 17.3. The van der Waals surface area contributed by atoms with Crippen LogP contribution in [0.3, 0.4) is 0 Å². The van der Waals surface area contributed by atoms with Crippen LogP contribution in [0.5, 0.6) is 0 Å². The van der Waals surface area contributed by atoms with Gasteiger partial charge in [-0.3, -0.25) is 14.9 Å². The molecule has 0 radical (unpaired) electrons. The summed E-state index contributed by atoms with van der Waals surface area (Å²) in [5.74, 6) is -0.294. The minimum atomic E-state index is -0.514. The molecule has 1 aromatic rings. The number of nitrogens with one attached hydrogen (secondary N) is 2. The number of carbonyl (C=O) groups excluding carboxylic acids is 1. The summed E-state index contributed by atoms with van der Waals surface area (Å²) in [7, 11) is 0. The number of hydrogen-bond acceptors (Lipinski definition) is 4. The van der Waals surface area contributed by atoms with E-state index < -0.39 is 4.92 Å². The Morgan fingerprint density at radius 1 is 1.32 bits per heavy atom. The monoisotopic (exact) mass is 287 g/mol. The number of benzene rings is 1. The Morgan fingerprint density at radius 2 is 2.05 bits per heavy atom. The van der Waals surface area contributed by atoms with Crippen molar-refractivity contribution in [2.75, 3.05) is 19.6 Å². The number of carbonyl (C=O) groups is 1. The molecule has 0 aliphatic carbocycles. The minimum Gasteiger partial charge on any atom is -0.351 e. The molecule has 1 amide bonds. The summed E-state index contributed by atoms with van der Waals surface area (Å²) in [5, 5.41) is 16.4. The fourth-order valence-corrected chi connectivity index (χ4v) is 1.43. The van der Waals surface area contributed by atoms with Crippen LogP contribution < -0.4 is 10.6 Å². The van der Waals surface area contributed by atoms with E-state index in [2.05, 4.69) is 17.6 Å². The second kappa shape index (κ2) is 9.29. The summed E-state index contributed by atoms with van der Waals surface area (Å²) >= 11 is 0. The van der Waals surface area contributed by atoms with Gasteiger partial charge in [0.2, 0.25) is 0 Å². The highest BCUT2D eigenvalue weighted by Crippen LogP contribution is 2.12. The van der Waals surface area contributed by atoms with Crippen molar-refractivity contribution in [2.45, 2.75) is 13.3 Å². The Labute approximate surface area is 118 Å². The average molecular weight is 288 g/mol. The molecular formula is C12H18ClN3O3. The zero-order valence-electron chi connectivity index (χ0n) is 10.7. The topological polar surface area (TPSA) is 84.3 Å². The summed E-state index contributed by atoms with van der Waals surface area (Å²) in [6, 6.07) is 5.69. The second-order valence-corrected chi connectivity index (χ2v) is 3.81. The Morgan fingerprint density at radius 3 is 2.68 bits per heavy atom. The third-order valence-electron chi connectivity index (χ3n) is 2.33. The van der Waals surface area contributed by atoms with Crippen LogP contribution in [0.25, 0.3) is 0 Å². The number of nitrogens with zero attached hydrogens (tertiary/aromatic N) is 1.